The molecule has 0 radical (unpaired) electrons. The molecule has 2 aromatic carbocycles. The average molecular weight is 347 g/mol. The molecule has 0 aliphatic heterocycles. The van der Waals surface area contributed by atoms with Crippen LogP contribution in [0.5, 0.6) is 0 Å². The topological polar surface area (TPSA) is 72.2 Å². The van der Waals surface area contributed by atoms with Gasteiger partial charge in [-0.05, 0) is 25.0 Å². The second-order valence-electron chi connectivity index (χ2n) is 5.70. The summed E-state index contributed by atoms with van der Waals surface area (Å²) in [6.45, 7) is 4.01. The molecule has 0 saturated heterocycles. The molecule has 6 heteroatoms. The fourth-order valence-corrected chi connectivity index (χ4v) is 2.52. The third-order valence-corrected chi connectivity index (χ3v) is 3.97. The number of nitrogens with one attached hydrogen (secondary N) is 1. The maximum atomic E-state index is 12.5. The Kier molecular flexibility index (Phi) is 5.53. The van der Waals surface area contributed by atoms with Gasteiger partial charge in [0.1, 0.15) is 0 Å². The summed E-state index contributed by atoms with van der Waals surface area (Å²) in [5, 5.41) is 8.56. The van der Waals surface area contributed by atoms with Gasteiger partial charge in [0.2, 0.25) is 5.82 Å². The molecule has 1 heterocycles. The van der Waals surface area contributed by atoms with Crippen molar-refractivity contribution in [3.8, 4) is 17.1 Å². The van der Waals surface area contributed by atoms with E-state index in [1.165, 1.54) is 0 Å². The molecule has 1 aromatic heterocycles. The Morgan fingerprint density at radius 2 is 1.62 bits per heavy atom. The van der Waals surface area contributed by atoms with Crippen LogP contribution in [0.2, 0.25) is 0 Å². The third-order valence-electron chi connectivity index (χ3n) is 3.97. The van der Waals surface area contributed by atoms with Gasteiger partial charge in [-0.2, -0.15) is 5.10 Å². The summed E-state index contributed by atoms with van der Waals surface area (Å²) in [5.41, 5.74) is 5.20. The van der Waals surface area contributed by atoms with E-state index in [1.54, 1.807) is 4.68 Å². The molecule has 1 amide bonds. The first kappa shape index (κ1) is 17.5. The van der Waals surface area contributed by atoms with Crippen molar-refractivity contribution in [3.05, 3.63) is 66.5 Å². The van der Waals surface area contributed by atoms with Gasteiger partial charge in [-0.15, -0.1) is 5.10 Å². The maximum absolute atomic E-state index is 12.5. The predicted molar refractivity (Wildman–Crippen MR) is 102 cm³/mol. The quantitative estimate of drug-likeness (QED) is 0.544. The van der Waals surface area contributed by atoms with Crippen LogP contribution in [0.25, 0.3) is 17.1 Å². The molecule has 0 bridgehead atoms. The molecule has 6 nitrogen and oxygen atoms in total. The molecule has 0 spiro atoms. The molecule has 132 valence electrons. The fourth-order valence-electron chi connectivity index (χ4n) is 2.52. The number of hydrogen-bond donors (Lipinski definition) is 1. The number of amides is 1. The molecular weight excluding hydrogens is 326 g/mol. The minimum Gasteiger partial charge on any atom is -0.264 e. The van der Waals surface area contributed by atoms with Crippen LogP contribution in [0, 0.1) is 0 Å². The second kappa shape index (κ2) is 8.20. The summed E-state index contributed by atoms with van der Waals surface area (Å²) in [5.74, 6) is 0.274. The minimum absolute atomic E-state index is 0.0861. The molecule has 1 N–H and O–H groups in total. The van der Waals surface area contributed by atoms with Gasteiger partial charge in [0.05, 0.1) is 5.69 Å². The van der Waals surface area contributed by atoms with Crippen molar-refractivity contribution in [2.75, 3.05) is 0 Å². The van der Waals surface area contributed by atoms with E-state index in [1.807, 2.05) is 74.5 Å². The number of carbonyl (C=O) groups excluding carboxylic acids is 1. The van der Waals surface area contributed by atoms with E-state index in [-0.39, 0.29) is 5.82 Å². The van der Waals surface area contributed by atoms with Crippen LogP contribution in [0.1, 0.15) is 37.3 Å². The van der Waals surface area contributed by atoms with Gasteiger partial charge < -0.3 is 0 Å². The van der Waals surface area contributed by atoms with Crippen LogP contribution in [-0.2, 0) is 0 Å². The standard InChI is InChI=1S/C20H21N5O/c1-3-16(4-2)22-23-20(26)18-21-19(15-11-7-5-8-12-15)25(24-18)17-13-9-6-10-14-17/h5-14H,3-4H2,1-2H3,(H,23,26). The van der Waals surface area contributed by atoms with Crippen LogP contribution in [0.4, 0.5) is 0 Å². The zero-order valence-electron chi connectivity index (χ0n) is 14.9. The van der Waals surface area contributed by atoms with Crippen molar-refractivity contribution in [1.82, 2.24) is 20.2 Å². The molecule has 0 unspecified atom stereocenters. The number of hydrogen-bond acceptors (Lipinski definition) is 4. The van der Waals surface area contributed by atoms with Crippen molar-refractivity contribution >= 4 is 11.6 Å². The van der Waals surface area contributed by atoms with Crippen molar-refractivity contribution in [1.29, 1.82) is 0 Å². The Morgan fingerprint density at radius 1 is 1.00 bits per heavy atom. The van der Waals surface area contributed by atoms with Gasteiger partial charge >= 0.3 is 5.91 Å². The lowest BCUT2D eigenvalue weighted by molar-refractivity contribution is 0.0944. The highest BCUT2D eigenvalue weighted by atomic mass is 16.2. The van der Waals surface area contributed by atoms with Gasteiger partial charge in [0.15, 0.2) is 5.82 Å². The summed E-state index contributed by atoms with van der Waals surface area (Å²) in [6, 6.07) is 19.3. The van der Waals surface area contributed by atoms with Crippen LogP contribution < -0.4 is 5.43 Å². The Labute approximate surface area is 152 Å². The maximum Gasteiger partial charge on any atom is 0.311 e. The van der Waals surface area contributed by atoms with E-state index >= 15 is 0 Å². The second-order valence-corrected chi connectivity index (χ2v) is 5.70. The van der Waals surface area contributed by atoms with Gasteiger partial charge in [0, 0.05) is 11.3 Å². The highest BCUT2D eigenvalue weighted by Crippen LogP contribution is 2.20. The predicted octanol–water partition coefficient (Wildman–Crippen LogP) is 3.84. The molecule has 0 fully saturated rings. The van der Waals surface area contributed by atoms with E-state index in [0.717, 1.165) is 29.8 Å². The lowest BCUT2D eigenvalue weighted by Gasteiger charge is -2.05. The summed E-state index contributed by atoms with van der Waals surface area (Å²) in [4.78, 5) is 16.9. The van der Waals surface area contributed by atoms with Gasteiger partial charge in [-0.1, -0.05) is 62.4 Å². The molecule has 0 atom stereocenters. The van der Waals surface area contributed by atoms with Crippen LogP contribution >= 0.6 is 0 Å². The smallest absolute Gasteiger partial charge is 0.264 e. The largest absolute Gasteiger partial charge is 0.311 e. The molecule has 26 heavy (non-hydrogen) atoms. The van der Waals surface area contributed by atoms with Gasteiger partial charge in [-0.3, -0.25) is 4.79 Å². The van der Waals surface area contributed by atoms with E-state index in [2.05, 4.69) is 20.6 Å². The highest BCUT2D eigenvalue weighted by Gasteiger charge is 2.18. The third kappa shape index (κ3) is 3.85. The monoisotopic (exact) mass is 347 g/mol. The summed E-state index contributed by atoms with van der Waals surface area (Å²) < 4.78 is 1.68. The normalized spacial score (nSPS) is 10.4. The number of aromatic nitrogens is 3. The van der Waals surface area contributed by atoms with Crippen LogP contribution in [0.3, 0.4) is 0 Å². The first-order chi connectivity index (χ1) is 12.7. The van der Waals surface area contributed by atoms with E-state index in [0.29, 0.717) is 5.82 Å². The SMILES string of the molecule is CCC(CC)=NNC(=O)c1nc(-c2ccccc2)n(-c2ccccc2)n1. The molecule has 0 aliphatic rings. The molecule has 0 saturated carbocycles. The molecule has 0 aliphatic carbocycles. The minimum atomic E-state index is -0.420. The van der Waals surface area contributed by atoms with Crippen molar-refractivity contribution in [2.24, 2.45) is 5.10 Å². The molecule has 3 rings (SSSR count). The van der Waals surface area contributed by atoms with Crippen LogP contribution in [-0.4, -0.2) is 26.4 Å². The van der Waals surface area contributed by atoms with E-state index in [9.17, 15) is 4.79 Å². The first-order valence-corrected chi connectivity index (χ1v) is 8.66. The van der Waals surface area contributed by atoms with Crippen molar-refractivity contribution in [2.45, 2.75) is 26.7 Å². The van der Waals surface area contributed by atoms with Gasteiger partial charge in [0.25, 0.3) is 0 Å². The molecule has 3 aromatic rings. The number of carbonyl (C=O) groups is 1. The Balaban J connectivity index is 1.99. The number of hydrazone groups is 1. The highest BCUT2D eigenvalue weighted by molar-refractivity contribution is 5.92. The lowest BCUT2D eigenvalue weighted by Crippen LogP contribution is -2.21. The lowest BCUT2D eigenvalue weighted by atomic mass is 10.2. The average Bonchev–Trinajstić information content (AvgIpc) is 3.15. The first-order valence-electron chi connectivity index (χ1n) is 8.66. The van der Waals surface area contributed by atoms with Crippen LogP contribution in [0.15, 0.2) is 65.8 Å². The van der Waals surface area contributed by atoms with Gasteiger partial charge in [-0.25, -0.2) is 15.1 Å². The number of benzene rings is 2. The number of nitrogens with zero attached hydrogens (tertiary/aromatic N) is 4. The Hall–Kier alpha value is -3.28. The fraction of sp³-hybridized carbons (Fsp3) is 0.200. The summed E-state index contributed by atoms with van der Waals surface area (Å²) in [7, 11) is 0. The number of para-hydroxylation sites is 1. The molecular formula is C20H21N5O. The summed E-state index contributed by atoms with van der Waals surface area (Å²) >= 11 is 0. The zero-order chi connectivity index (χ0) is 18.4. The number of rotatable bonds is 6. The summed E-state index contributed by atoms with van der Waals surface area (Å²) in [6.07, 6.45) is 1.58. The Morgan fingerprint density at radius 3 is 2.23 bits per heavy atom. The van der Waals surface area contributed by atoms with E-state index in [4.69, 9.17) is 0 Å². The Bertz CT molecular complexity index is 837. The van der Waals surface area contributed by atoms with E-state index < -0.39 is 5.91 Å². The van der Waals surface area contributed by atoms with Crippen molar-refractivity contribution in [3.63, 3.8) is 0 Å². The van der Waals surface area contributed by atoms with Crippen molar-refractivity contribution < 1.29 is 4.79 Å². The zero-order valence-corrected chi connectivity index (χ0v) is 14.9.